The normalized spacial score (nSPS) is 13.0. The number of aliphatic hydroxyl groups is 1. The van der Waals surface area contributed by atoms with Crippen molar-refractivity contribution in [3.8, 4) is 17.3 Å². The number of benzene rings is 1. The summed E-state index contributed by atoms with van der Waals surface area (Å²) in [4.78, 5) is 12.2. The van der Waals surface area contributed by atoms with Gasteiger partial charge in [-0.3, -0.25) is 4.79 Å². The maximum absolute atomic E-state index is 12.2. The molecule has 1 aromatic carbocycles. The second kappa shape index (κ2) is 5.55. The molecule has 0 amide bonds. The Bertz CT molecular complexity index is 784. The number of aryl methyl sites for hydroxylation is 2. The predicted molar refractivity (Wildman–Crippen MR) is 80.0 cm³/mol. The highest BCUT2D eigenvalue weighted by Crippen LogP contribution is 2.27. The first-order valence-corrected chi connectivity index (χ1v) is 7.11. The van der Waals surface area contributed by atoms with Gasteiger partial charge >= 0.3 is 0 Å². The lowest BCUT2D eigenvalue weighted by molar-refractivity contribution is 0.275. The number of hydrogen-bond acceptors (Lipinski definition) is 3. The van der Waals surface area contributed by atoms with E-state index in [0.717, 1.165) is 24.1 Å². The molecular weight excluding hydrogens is 264 g/mol. The van der Waals surface area contributed by atoms with Crippen LogP contribution in [0.3, 0.4) is 0 Å². The molecule has 106 valence electrons. The molecule has 2 aromatic rings. The van der Waals surface area contributed by atoms with Crippen LogP contribution in [0.15, 0.2) is 35.1 Å². The average Bonchev–Trinajstić information content (AvgIpc) is 2.97. The monoisotopic (exact) mass is 280 g/mol. The molecule has 1 heterocycles. The molecule has 1 aromatic heterocycles. The quantitative estimate of drug-likeness (QED) is 0.933. The van der Waals surface area contributed by atoms with Crippen molar-refractivity contribution in [2.24, 2.45) is 0 Å². The Balaban J connectivity index is 2.16. The minimum Gasteiger partial charge on any atom is -0.395 e. The standard InChI is InChI=1S/C17H16N2O2/c18-11-15-6-7-16(19(8-9-20)17(15)21)14-5-4-12-2-1-3-13(12)10-14/h4-7,10,20H,1-3,8-9H2. The first-order chi connectivity index (χ1) is 10.2. The second-order valence-electron chi connectivity index (χ2n) is 5.26. The molecule has 0 unspecified atom stereocenters. The highest BCUT2D eigenvalue weighted by molar-refractivity contribution is 5.63. The van der Waals surface area contributed by atoms with Gasteiger partial charge in [0.1, 0.15) is 11.6 Å². The number of fused-ring (bicyclic) bond motifs is 1. The van der Waals surface area contributed by atoms with Crippen LogP contribution in [0.2, 0.25) is 0 Å². The van der Waals surface area contributed by atoms with E-state index >= 15 is 0 Å². The number of aromatic nitrogens is 1. The van der Waals surface area contributed by atoms with Crippen LogP contribution in [0.1, 0.15) is 23.1 Å². The van der Waals surface area contributed by atoms with E-state index in [0.29, 0.717) is 0 Å². The maximum Gasteiger partial charge on any atom is 0.269 e. The van der Waals surface area contributed by atoms with Gasteiger partial charge in [-0.2, -0.15) is 5.26 Å². The molecule has 1 aliphatic carbocycles. The van der Waals surface area contributed by atoms with E-state index in [2.05, 4.69) is 12.1 Å². The predicted octanol–water partition coefficient (Wildman–Crippen LogP) is 1.87. The van der Waals surface area contributed by atoms with Crippen LogP contribution in [-0.2, 0) is 19.4 Å². The number of nitrogens with zero attached hydrogens (tertiary/aromatic N) is 2. The van der Waals surface area contributed by atoms with Crippen molar-refractivity contribution in [2.75, 3.05) is 6.61 Å². The van der Waals surface area contributed by atoms with E-state index in [4.69, 9.17) is 5.26 Å². The third-order valence-electron chi connectivity index (χ3n) is 4.01. The molecule has 0 fully saturated rings. The fraction of sp³-hybridized carbons (Fsp3) is 0.294. The summed E-state index contributed by atoms with van der Waals surface area (Å²) in [5.41, 5.74) is 4.19. The Morgan fingerprint density at radius 1 is 1.19 bits per heavy atom. The second-order valence-corrected chi connectivity index (χ2v) is 5.26. The van der Waals surface area contributed by atoms with E-state index in [9.17, 15) is 9.90 Å². The Labute approximate surface area is 122 Å². The van der Waals surface area contributed by atoms with Gasteiger partial charge < -0.3 is 9.67 Å². The van der Waals surface area contributed by atoms with Crippen LogP contribution >= 0.6 is 0 Å². The van der Waals surface area contributed by atoms with Crippen molar-refractivity contribution >= 4 is 0 Å². The lowest BCUT2D eigenvalue weighted by Gasteiger charge is -2.13. The molecule has 1 N–H and O–H groups in total. The van der Waals surface area contributed by atoms with Crippen LogP contribution in [0, 0.1) is 11.3 Å². The van der Waals surface area contributed by atoms with Gasteiger partial charge in [0.15, 0.2) is 0 Å². The Morgan fingerprint density at radius 2 is 2.00 bits per heavy atom. The molecule has 0 aliphatic heterocycles. The molecule has 1 aliphatic rings. The fourth-order valence-corrected chi connectivity index (χ4v) is 2.97. The number of hydrogen-bond donors (Lipinski definition) is 1. The van der Waals surface area contributed by atoms with Crippen LogP contribution < -0.4 is 5.56 Å². The number of rotatable bonds is 3. The zero-order valence-electron chi connectivity index (χ0n) is 11.7. The van der Waals surface area contributed by atoms with Gasteiger partial charge in [0.25, 0.3) is 5.56 Å². The summed E-state index contributed by atoms with van der Waals surface area (Å²) < 4.78 is 1.48. The molecule has 21 heavy (non-hydrogen) atoms. The highest BCUT2D eigenvalue weighted by atomic mass is 16.3. The Hall–Kier alpha value is -2.38. The van der Waals surface area contributed by atoms with E-state index in [1.165, 1.54) is 22.1 Å². The molecule has 0 atom stereocenters. The van der Waals surface area contributed by atoms with Crippen molar-refractivity contribution in [1.82, 2.24) is 4.57 Å². The number of nitriles is 1. The van der Waals surface area contributed by atoms with E-state index in [1.54, 1.807) is 12.1 Å². The van der Waals surface area contributed by atoms with E-state index in [-0.39, 0.29) is 24.3 Å². The molecule has 4 nitrogen and oxygen atoms in total. The van der Waals surface area contributed by atoms with Crippen LogP contribution in [0.4, 0.5) is 0 Å². The molecule has 4 heteroatoms. The van der Waals surface area contributed by atoms with Crippen molar-refractivity contribution < 1.29 is 5.11 Å². The van der Waals surface area contributed by atoms with Crippen molar-refractivity contribution in [3.63, 3.8) is 0 Å². The van der Waals surface area contributed by atoms with Crippen molar-refractivity contribution in [3.05, 3.63) is 57.4 Å². The number of pyridine rings is 1. The van der Waals surface area contributed by atoms with Gasteiger partial charge in [0.05, 0.1) is 12.3 Å². The van der Waals surface area contributed by atoms with Crippen LogP contribution in [0.25, 0.3) is 11.3 Å². The molecule has 3 rings (SSSR count). The summed E-state index contributed by atoms with van der Waals surface area (Å²) in [6.45, 7) is 0.0630. The Kier molecular flexibility index (Phi) is 3.59. The molecule has 0 saturated heterocycles. The van der Waals surface area contributed by atoms with E-state index < -0.39 is 0 Å². The van der Waals surface area contributed by atoms with Gasteiger partial charge in [-0.05, 0) is 54.2 Å². The largest absolute Gasteiger partial charge is 0.395 e. The van der Waals surface area contributed by atoms with Gasteiger partial charge in [-0.1, -0.05) is 12.1 Å². The maximum atomic E-state index is 12.2. The highest BCUT2D eigenvalue weighted by Gasteiger charge is 2.14. The van der Waals surface area contributed by atoms with E-state index in [1.807, 2.05) is 12.1 Å². The van der Waals surface area contributed by atoms with Crippen LogP contribution in [-0.4, -0.2) is 16.3 Å². The smallest absolute Gasteiger partial charge is 0.269 e. The van der Waals surface area contributed by atoms with Crippen molar-refractivity contribution in [1.29, 1.82) is 5.26 Å². The lowest BCUT2D eigenvalue weighted by Crippen LogP contribution is -2.25. The first kappa shape index (κ1) is 13.6. The minimum absolute atomic E-state index is 0.105. The third kappa shape index (κ3) is 2.37. The summed E-state index contributed by atoms with van der Waals surface area (Å²) in [5.74, 6) is 0. The minimum atomic E-state index is -0.343. The molecule has 0 saturated carbocycles. The summed E-state index contributed by atoms with van der Waals surface area (Å²) in [6, 6.07) is 11.5. The molecular formula is C17H16N2O2. The summed E-state index contributed by atoms with van der Waals surface area (Å²) >= 11 is 0. The summed E-state index contributed by atoms with van der Waals surface area (Å²) in [7, 11) is 0. The average molecular weight is 280 g/mol. The molecule has 0 radical (unpaired) electrons. The summed E-state index contributed by atoms with van der Waals surface area (Å²) in [6.07, 6.45) is 3.37. The molecule has 0 spiro atoms. The SMILES string of the molecule is N#Cc1ccc(-c2ccc3c(c2)CCC3)n(CCO)c1=O. The summed E-state index contributed by atoms with van der Waals surface area (Å²) in [5, 5.41) is 18.2. The first-order valence-electron chi connectivity index (χ1n) is 7.11. The molecule has 0 bridgehead atoms. The van der Waals surface area contributed by atoms with Gasteiger partial charge in [0.2, 0.25) is 0 Å². The Morgan fingerprint density at radius 3 is 2.76 bits per heavy atom. The van der Waals surface area contributed by atoms with Gasteiger partial charge in [-0.25, -0.2) is 0 Å². The number of aliphatic hydroxyl groups excluding tert-OH is 1. The zero-order valence-corrected chi connectivity index (χ0v) is 11.7. The fourth-order valence-electron chi connectivity index (χ4n) is 2.97. The topological polar surface area (TPSA) is 66.0 Å². The third-order valence-corrected chi connectivity index (χ3v) is 4.01. The lowest BCUT2D eigenvalue weighted by atomic mass is 10.0. The van der Waals surface area contributed by atoms with Crippen LogP contribution in [0.5, 0.6) is 0 Å². The zero-order chi connectivity index (χ0) is 14.8. The van der Waals surface area contributed by atoms with Gasteiger partial charge in [-0.15, -0.1) is 0 Å². The van der Waals surface area contributed by atoms with Gasteiger partial charge in [0, 0.05) is 6.54 Å². The van der Waals surface area contributed by atoms with Crippen molar-refractivity contribution in [2.45, 2.75) is 25.8 Å².